The van der Waals surface area contributed by atoms with Crippen LogP contribution in [-0.2, 0) is 0 Å². The Hall–Kier alpha value is -2.23. The number of aliphatic hydroxyl groups is 2. The molecule has 1 rings (SSSR count). The summed E-state index contributed by atoms with van der Waals surface area (Å²) in [5.41, 5.74) is 1.72. The van der Waals surface area contributed by atoms with Crippen LogP contribution in [0.3, 0.4) is 0 Å². The Morgan fingerprint density at radius 3 is 2.40 bits per heavy atom. The summed E-state index contributed by atoms with van der Waals surface area (Å²) in [6, 6.07) is 3.96. The lowest BCUT2D eigenvalue weighted by Crippen LogP contribution is -2.36. The van der Waals surface area contributed by atoms with Crippen molar-refractivity contribution in [3.8, 4) is 0 Å². The number of hydrogen-bond acceptors (Lipinski definition) is 7. The van der Waals surface area contributed by atoms with Gasteiger partial charge < -0.3 is 20.5 Å². The fraction of sp³-hybridized carbons (Fsp3) is 0.364. The number of para-hydroxylation sites is 1. The summed E-state index contributed by atoms with van der Waals surface area (Å²) >= 11 is 0. The lowest BCUT2D eigenvalue weighted by Gasteiger charge is -2.21. The molecule has 110 valence electrons. The van der Waals surface area contributed by atoms with E-state index in [2.05, 4.69) is 5.43 Å². The van der Waals surface area contributed by atoms with Gasteiger partial charge in [0.25, 0.3) is 11.6 Å². The molecule has 0 aromatic heterocycles. The van der Waals surface area contributed by atoms with Crippen LogP contribution in [0.5, 0.6) is 0 Å². The van der Waals surface area contributed by atoms with E-state index in [1.54, 1.807) is 0 Å². The third-order valence-electron chi connectivity index (χ3n) is 2.64. The number of hydrazine groups is 1. The summed E-state index contributed by atoms with van der Waals surface area (Å²) in [6.45, 7) is -0.559. The van der Waals surface area contributed by atoms with Crippen molar-refractivity contribution in [2.45, 2.75) is 0 Å². The van der Waals surface area contributed by atoms with Crippen LogP contribution < -0.4 is 11.3 Å². The molecule has 20 heavy (non-hydrogen) atoms. The Balaban J connectivity index is 3.20. The average Bonchev–Trinajstić information content (AvgIpc) is 2.45. The quantitative estimate of drug-likeness (QED) is 0.295. The van der Waals surface area contributed by atoms with Crippen LogP contribution in [0.1, 0.15) is 10.4 Å². The number of carbonyl (C=O) groups is 1. The largest absolute Gasteiger partial charge is 0.395 e. The maximum atomic E-state index is 12.3. The third kappa shape index (κ3) is 3.41. The van der Waals surface area contributed by atoms with E-state index in [0.717, 1.165) is 0 Å². The van der Waals surface area contributed by atoms with Crippen LogP contribution in [0.4, 0.5) is 11.4 Å². The number of rotatable bonds is 7. The molecular formula is C11H16N4O5. The topological polar surface area (TPSA) is 142 Å². The predicted molar refractivity (Wildman–Crippen MR) is 71.0 cm³/mol. The van der Waals surface area contributed by atoms with Crippen LogP contribution in [0, 0.1) is 10.1 Å². The van der Waals surface area contributed by atoms with Crippen molar-refractivity contribution in [3.05, 3.63) is 33.9 Å². The van der Waals surface area contributed by atoms with E-state index in [4.69, 9.17) is 16.1 Å². The highest BCUT2D eigenvalue weighted by atomic mass is 16.6. The second kappa shape index (κ2) is 7.38. The Bertz CT molecular complexity index is 488. The lowest BCUT2D eigenvalue weighted by molar-refractivity contribution is -0.384. The van der Waals surface area contributed by atoms with Gasteiger partial charge in [0.15, 0.2) is 0 Å². The zero-order valence-electron chi connectivity index (χ0n) is 10.7. The van der Waals surface area contributed by atoms with Gasteiger partial charge in [-0.05, 0) is 6.07 Å². The van der Waals surface area contributed by atoms with Crippen LogP contribution >= 0.6 is 0 Å². The highest BCUT2D eigenvalue weighted by molar-refractivity contribution is 6.01. The Kier molecular flexibility index (Phi) is 5.84. The highest BCUT2D eigenvalue weighted by Crippen LogP contribution is 2.28. The van der Waals surface area contributed by atoms with Crippen molar-refractivity contribution in [2.24, 2.45) is 5.84 Å². The van der Waals surface area contributed by atoms with Crippen LogP contribution in [0.25, 0.3) is 0 Å². The second-order valence-corrected chi connectivity index (χ2v) is 3.84. The van der Waals surface area contributed by atoms with E-state index >= 15 is 0 Å². The molecule has 1 amide bonds. The number of anilines is 1. The fourth-order valence-corrected chi connectivity index (χ4v) is 1.75. The van der Waals surface area contributed by atoms with Gasteiger partial charge in [-0.1, -0.05) is 6.07 Å². The van der Waals surface area contributed by atoms with Crippen molar-refractivity contribution in [2.75, 3.05) is 31.7 Å². The summed E-state index contributed by atoms with van der Waals surface area (Å²) in [6.07, 6.45) is 0. The van der Waals surface area contributed by atoms with Gasteiger partial charge in [-0.15, -0.1) is 0 Å². The number of nitrogen functional groups attached to an aromatic ring is 1. The monoisotopic (exact) mass is 284 g/mol. The normalized spacial score (nSPS) is 10.2. The van der Waals surface area contributed by atoms with Gasteiger partial charge in [-0.2, -0.15) is 0 Å². The zero-order chi connectivity index (χ0) is 15.1. The molecule has 0 spiro atoms. The molecule has 0 aliphatic carbocycles. The lowest BCUT2D eigenvalue weighted by atomic mass is 10.1. The van der Waals surface area contributed by atoms with E-state index in [1.165, 1.54) is 23.1 Å². The van der Waals surface area contributed by atoms with Crippen molar-refractivity contribution < 1.29 is 19.9 Å². The number of nitro groups is 1. The van der Waals surface area contributed by atoms with Crippen molar-refractivity contribution >= 4 is 17.3 Å². The summed E-state index contributed by atoms with van der Waals surface area (Å²) in [5, 5.41) is 28.7. The van der Waals surface area contributed by atoms with Gasteiger partial charge in [-0.25, -0.2) is 0 Å². The molecule has 0 atom stereocenters. The minimum atomic E-state index is -0.658. The van der Waals surface area contributed by atoms with Gasteiger partial charge in [0.2, 0.25) is 0 Å². The number of nitrogens with two attached hydrogens (primary N) is 1. The van der Waals surface area contributed by atoms with Crippen LogP contribution in [0.15, 0.2) is 18.2 Å². The first-order valence-corrected chi connectivity index (χ1v) is 5.81. The molecule has 9 nitrogen and oxygen atoms in total. The van der Waals surface area contributed by atoms with Gasteiger partial charge in [0, 0.05) is 19.2 Å². The minimum absolute atomic E-state index is 0.00333. The number of nitrogens with one attached hydrogen (secondary N) is 1. The first-order chi connectivity index (χ1) is 9.56. The van der Waals surface area contributed by atoms with E-state index in [1.807, 2.05) is 0 Å². The number of nitrogens with zero attached hydrogens (tertiary/aromatic N) is 2. The Morgan fingerprint density at radius 1 is 1.35 bits per heavy atom. The van der Waals surface area contributed by atoms with Crippen molar-refractivity contribution in [1.82, 2.24) is 4.90 Å². The molecule has 0 aliphatic rings. The molecule has 0 unspecified atom stereocenters. The molecule has 5 N–H and O–H groups in total. The number of carbonyl (C=O) groups excluding carboxylic acids is 1. The molecule has 0 bridgehead atoms. The van der Waals surface area contributed by atoms with Crippen molar-refractivity contribution in [3.63, 3.8) is 0 Å². The SMILES string of the molecule is NNc1c(C(=O)N(CCO)CCO)cccc1[N+](=O)[O-]. The maximum Gasteiger partial charge on any atom is 0.294 e. The predicted octanol–water partition coefficient (Wildman–Crippen LogP) is -0.693. The summed E-state index contributed by atoms with van der Waals surface area (Å²) < 4.78 is 0. The van der Waals surface area contributed by atoms with E-state index < -0.39 is 10.8 Å². The van der Waals surface area contributed by atoms with Gasteiger partial charge >= 0.3 is 0 Å². The third-order valence-corrected chi connectivity index (χ3v) is 2.64. The van der Waals surface area contributed by atoms with Gasteiger partial charge in [0.1, 0.15) is 5.69 Å². The second-order valence-electron chi connectivity index (χ2n) is 3.84. The summed E-state index contributed by atoms with van der Waals surface area (Å²) in [5.74, 6) is 4.69. The highest BCUT2D eigenvalue weighted by Gasteiger charge is 2.24. The van der Waals surface area contributed by atoms with E-state index in [9.17, 15) is 14.9 Å². The molecule has 0 saturated heterocycles. The molecule has 0 aliphatic heterocycles. The van der Waals surface area contributed by atoms with Gasteiger partial charge in [0.05, 0.1) is 23.7 Å². The number of aliphatic hydroxyl groups excluding tert-OH is 2. The number of hydrogen-bond donors (Lipinski definition) is 4. The fourth-order valence-electron chi connectivity index (χ4n) is 1.75. The number of nitro benzene ring substituents is 1. The molecule has 0 radical (unpaired) electrons. The number of amides is 1. The average molecular weight is 284 g/mol. The maximum absolute atomic E-state index is 12.3. The molecule has 9 heteroatoms. The first-order valence-electron chi connectivity index (χ1n) is 5.81. The van der Waals surface area contributed by atoms with Crippen molar-refractivity contribution in [1.29, 1.82) is 0 Å². The Morgan fingerprint density at radius 2 is 1.95 bits per heavy atom. The zero-order valence-corrected chi connectivity index (χ0v) is 10.7. The molecule has 1 aromatic carbocycles. The van der Waals surface area contributed by atoms with Crippen LogP contribution in [-0.4, -0.2) is 52.2 Å². The van der Waals surface area contributed by atoms with E-state index in [0.29, 0.717) is 0 Å². The Labute approximate surface area is 114 Å². The molecule has 0 fully saturated rings. The van der Waals surface area contributed by atoms with Crippen LogP contribution in [0.2, 0.25) is 0 Å². The molecular weight excluding hydrogens is 268 g/mol. The smallest absolute Gasteiger partial charge is 0.294 e. The molecule has 1 aromatic rings. The first kappa shape index (κ1) is 15.8. The standard InChI is InChI=1S/C11H16N4O5/c12-13-10-8(2-1-3-9(10)15(19)20)11(18)14(4-6-16)5-7-17/h1-3,13,16-17H,4-7,12H2. The minimum Gasteiger partial charge on any atom is -0.395 e. The summed E-state index contributed by atoms with van der Waals surface area (Å²) in [4.78, 5) is 23.7. The summed E-state index contributed by atoms with van der Waals surface area (Å²) in [7, 11) is 0. The number of benzene rings is 1. The molecule has 0 saturated carbocycles. The van der Waals surface area contributed by atoms with Gasteiger partial charge in [-0.3, -0.25) is 20.8 Å². The molecule has 0 heterocycles. The van der Waals surface area contributed by atoms with E-state index in [-0.39, 0.29) is 43.2 Å².